The number of alkyl halides is 3. The Hall–Kier alpha value is -1.84. The first-order chi connectivity index (χ1) is 8.79. The molecule has 1 unspecified atom stereocenters. The van der Waals surface area contributed by atoms with Crippen LogP contribution in [0.25, 0.3) is 0 Å². The molecule has 1 amide bonds. The van der Waals surface area contributed by atoms with Crippen molar-refractivity contribution in [3.05, 3.63) is 0 Å². The number of amides is 1. The van der Waals surface area contributed by atoms with Gasteiger partial charge in [-0.05, 0) is 0 Å². The summed E-state index contributed by atoms with van der Waals surface area (Å²) in [6, 6.07) is 0. The molecule has 0 saturated heterocycles. The van der Waals surface area contributed by atoms with E-state index in [-0.39, 0.29) is 25.3 Å². The third-order valence-electron chi connectivity index (χ3n) is 2.02. The minimum absolute atomic E-state index is 0.142. The van der Waals surface area contributed by atoms with Crippen LogP contribution in [0.4, 0.5) is 13.2 Å². The second-order valence-corrected chi connectivity index (χ2v) is 3.60. The summed E-state index contributed by atoms with van der Waals surface area (Å²) in [6.07, 6.45) is -5.68. The fourth-order valence-electron chi connectivity index (χ4n) is 1.19. The van der Waals surface area contributed by atoms with Crippen LogP contribution in [-0.2, 0) is 19.2 Å². The summed E-state index contributed by atoms with van der Waals surface area (Å²) >= 11 is 0. The predicted octanol–water partition coefficient (Wildman–Crippen LogP) is -0.0890. The van der Waals surface area contributed by atoms with E-state index in [9.17, 15) is 22.8 Å². The highest BCUT2D eigenvalue weighted by Crippen LogP contribution is 2.14. The molecule has 1 atom stereocenters. The Bertz CT molecular complexity index is 383. The van der Waals surface area contributed by atoms with Crippen LogP contribution in [-0.4, -0.2) is 54.7 Å². The van der Waals surface area contributed by atoms with Gasteiger partial charge in [-0.2, -0.15) is 13.2 Å². The topological polar surface area (TPSA) is 97.2 Å². The summed E-state index contributed by atoms with van der Waals surface area (Å²) < 4.78 is 39.4. The Labute approximate surface area is 105 Å². The highest BCUT2D eigenvalue weighted by atomic mass is 19.4. The van der Waals surface area contributed by atoms with Crippen molar-refractivity contribution in [2.24, 2.45) is 5.16 Å². The van der Waals surface area contributed by atoms with Gasteiger partial charge in [-0.15, -0.1) is 0 Å². The van der Waals surface area contributed by atoms with E-state index in [2.05, 4.69) is 20.0 Å². The van der Waals surface area contributed by atoms with E-state index in [0.29, 0.717) is 0 Å². The van der Waals surface area contributed by atoms with Crippen molar-refractivity contribution < 1.29 is 37.4 Å². The van der Waals surface area contributed by atoms with Crippen molar-refractivity contribution in [1.82, 2.24) is 5.32 Å². The molecule has 19 heavy (non-hydrogen) atoms. The monoisotopic (exact) mass is 284 g/mol. The lowest BCUT2D eigenvalue weighted by Crippen LogP contribution is -2.37. The Morgan fingerprint density at radius 2 is 2.21 bits per heavy atom. The third kappa shape index (κ3) is 5.55. The first-order valence-corrected chi connectivity index (χ1v) is 5.18. The lowest BCUT2D eigenvalue weighted by atomic mass is 10.2. The zero-order valence-electron chi connectivity index (χ0n) is 9.57. The number of carboxylic acids is 1. The van der Waals surface area contributed by atoms with Crippen molar-refractivity contribution in [2.45, 2.75) is 18.7 Å². The number of hydrogen-bond acceptors (Lipinski definition) is 5. The zero-order chi connectivity index (χ0) is 14.5. The molecule has 1 heterocycles. The second-order valence-electron chi connectivity index (χ2n) is 3.60. The van der Waals surface area contributed by atoms with Crippen LogP contribution in [0, 0.1) is 0 Å². The minimum Gasteiger partial charge on any atom is -0.477 e. The van der Waals surface area contributed by atoms with Crippen molar-refractivity contribution in [3.63, 3.8) is 0 Å². The lowest BCUT2D eigenvalue weighted by molar-refractivity contribution is -0.173. The zero-order valence-corrected chi connectivity index (χ0v) is 9.57. The van der Waals surface area contributed by atoms with Gasteiger partial charge in [0.25, 0.3) is 5.91 Å². The van der Waals surface area contributed by atoms with E-state index in [1.807, 2.05) is 0 Å². The van der Waals surface area contributed by atoms with Gasteiger partial charge in [0.1, 0.15) is 6.61 Å². The molecule has 0 aromatic heterocycles. The fraction of sp³-hybridized carbons (Fsp3) is 0.667. The van der Waals surface area contributed by atoms with Gasteiger partial charge in [-0.25, -0.2) is 4.79 Å². The van der Waals surface area contributed by atoms with Gasteiger partial charge in [-0.3, -0.25) is 4.79 Å². The molecular formula is C9H11F3N2O5. The molecule has 0 saturated carbocycles. The SMILES string of the molecule is O=C(O)C1=NOC(C(=O)NCCOCC(F)(F)F)C1. The molecule has 0 spiro atoms. The van der Waals surface area contributed by atoms with E-state index in [4.69, 9.17) is 5.11 Å². The van der Waals surface area contributed by atoms with Gasteiger partial charge in [0, 0.05) is 13.0 Å². The normalized spacial score (nSPS) is 18.7. The number of carboxylic acid groups (broad SMARTS) is 1. The predicted molar refractivity (Wildman–Crippen MR) is 54.4 cm³/mol. The van der Waals surface area contributed by atoms with E-state index in [1.54, 1.807) is 0 Å². The summed E-state index contributed by atoms with van der Waals surface area (Å²) in [5.41, 5.74) is -0.284. The van der Waals surface area contributed by atoms with Crippen LogP contribution in [0.5, 0.6) is 0 Å². The quantitative estimate of drug-likeness (QED) is 0.664. The standard InChI is InChI=1S/C9H11F3N2O5/c10-9(11,12)4-18-2-1-13-7(15)6-3-5(8(16)17)14-19-6/h6H,1-4H2,(H,13,15)(H,16,17). The van der Waals surface area contributed by atoms with Gasteiger partial charge in [0.15, 0.2) is 5.71 Å². The average molecular weight is 284 g/mol. The highest BCUT2D eigenvalue weighted by molar-refractivity contribution is 6.36. The van der Waals surface area contributed by atoms with Gasteiger partial charge in [0.2, 0.25) is 6.10 Å². The van der Waals surface area contributed by atoms with Gasteiger partial charge in [0.05, 0.1) is 6.61 Å². The maximum absolute atomic E-state index is 11.7. The maximum atomic E-state index is 11.7. The van der Waals surface area contributed by atoms with Crippen molar-refractivity contribution >= 4 is 17.6 Å². The van der Waals surface area contributed by atoms with Crippen molar-refractivity contribution in [2.75, 3.05) is 19.8 Å². The second kappa shape index (κ2) is 6.36. The minimum atomic E-state index is -4.41. The molecule has 1 aliphatic heterocycles. The average Bonchev–Trinajstić information content (AvgIpc) is 2.76. The molecular weight excluding hydrogens is 273 g/mol. The van der Waals surface area contributed by atoms with E-state index >= 15 is 0 Å². The van der Waals surface area contributed by atoms with Crippen LogP contribution in [0.2, 0.25) is 0 Å². The summed E-state index contributed by atoms with van der Waals surface area (Å²) in [5.74, 6) is -1.94. The summed E-state index contributed by atoms with van der Waals surface area (Å²) in [5, 5.41) is 14.0. The molecule has 0 aliphatic carbocycles. The number of carbonyl (C=O) groups excluding carboxylic acids is 1. The Morgan fingerprint density at radius 3 is 2.74 bits per heavy atom. The smallest absolute Gasteiger partial charge is 0.411 e. The number of hydrogen-bond donors (Lipinski definition) is 2. The molecule has 0 radical (unpaired) electrons. The highest BCUT2D eigenvalue weighted by Gasteiger charge is 2.31. The molecule has 0 bridgehead atoms. The maximum Gasteiger partial charge on any atom is 0.411 e. The van der Waals surface area contributed by atoms with Crippen LogP contribution in [0.3, 0.4) is 0 Å². The number of carbonyl (C=O) groups is 2. The first kappa shape index (κ1) is 15.2. The number of ether oxygens (including phenoxy) is 1. The van der Waals surface area contributed by atoms with Gasteiger partial charge in [-0.1, -0.05) is 5.16 Å². The number of halogens is 3. The largest absolute Gasteiger partial charge is 0.477 e. The molecule has 1 aliphatic rings. The van der Waals surface area contributed by atoms with Gasteiger partial charge >= 0.3 is 12.1 Å². The molecule has 2 N–H and O–H groups in total. The lowest BCUT2D eigenvalue weighted by Gasteiger charge is -2.10. The van der Waals surface area contributed by atoms with E-state index in [0.717, 1.165) is 0 Å². The van der Waals surface area contributed by atoms with E-state index < -0.39 is 30.8 Å². The number of rotatable bonds is 6. The molecule has 108 valence electrons. The number of nitrogens with zero attached hydrogens (tertiary/aromatic N) is 1. The summed E-state index contributed by atoms with van der Waals surface area (Å²) in [7, 11) is 0. The number of aliphatic carboxylic acids is 1. The van der Waals surface area contributed by atoms with Crippen LogP contribution >= 0.6 is 0 Å². The molecule has 0 aromatic rings. The summed E-state index contributed by atoms with van der Waals surface area (Å²) in [6.45, 7) is -1.85. The molecule has 0 aromatic carbocycles. The van der Waals surface area contributed by atoms with Gasteiger partial charge < -0.3 is 20.0 Å². The Kier molecular flexibility index (Phi) is 5.10. The Morgan fingerprint density at radius 1 is 1.53 bits per heavy atom. The molecule has 7 nitrogen and oxygen atoms in total. The Balaban J connectivity index is 2.15. The fourth-order valence-corrected chi connectivity index (χ4v) is 1.19. The molecule has 0 fully saturated rings. The molecule has 10 heteroatoms. The van der Waals surface area contributed by atoms with Crippen LogP contribution in [0.15, 0.2) is 5.16 Å². The van der Waals surface area contributed by atoms with Crippen molar-refractivity contribution in [1.29, 1.82) is 0 Å². The molecule has 1 rings (SSSR count). The summed E-state index contributed by atoms with van der Waals surface area (Å²) in [4.78, 5) is 26.5. The number of nitrogens with one attached hydrogen (secondary N) is 1. The van der Waals surface area contributed by atoms with Crippen LogP contribution in [0.1, 0.15) is 6.42 Å². The van der Waals surface area contributed by atoms with Crippen molar-refractivity contribution in [3.8, 4) is 0 Å². The van der Waals surface area contributed by atoms with Crippen LogP contribution < -0.4 is 5.32 Å². The first-order valence-electron chi connectivity index (χ1n) is 5.18. The van der Waals surface area contributed by atoms with E-state index in [1.165, 1.54) is 0 Å². The number of oxime groups is 1. The third-order valence-corrected chi connectivity index (χ3v) is 2.02.